The number of aliphatic carboxylic acids is 2. The van der Waals surface area contributed by atoms with Crippen LogP contribution in [0.3, 0.4) is 0 Å². The molecular weight excluding hydrogens is 1050 g/mol. The van der Waals surface area contributed by atoms with Crippen molar-refractivity contribution in [1.29, 1.82) is 0 Å². The highest BCUT2D eigenvalue weighted by Crippen LogP contribution is 2.36. The van der Waals surface area contributed by atoms with Crippen LogP contribution in [0.25, 0.3) is 0 Å². The maximum atomic E-state index is 12.3. The van der Waals surface area contributed by atoms with E-state index in [2.05, 4.69) is 12.5 Å². The van der Waals surface area contributed by atoms with Crippen molar-refractivity contribution in [2.45, 2.75) is 118 Å². The van der Waals surface area contributed by atoms with Crippen molar-refractivity contribution in [2.24, 2.45) is 23.7 Å². The average molecular weight is 1100 g/mol. The highest BCUT2D eigenvalue weighted by Gasteiger charge is 2.53. The van der Waals surface area contributed by atoms with Gasteiger partial charge in [0.05, 0.1) is 76.6 Å². The minimum absolute atomic E-state index is 0.566. The van der Waals surface area contributed by atoms with Crippen LogP contribution in [0.5, 0.6) is 0 Å². The van der Waals surface area contributed by atoms with E-state index >= 15 is 0 Å². The molecule has 5 aliphatic heterocycles. The van der Waals surface area contributed by atoms with E-state index in [0.717, 1.165) is 6.92 Å². The number of hydrogen-bond donors (Lipinski definition) is 14. The van der Waals surface area contributed by atoms with Crippen LogP contribution in [-0.2, 0) is 96.0 Å². The number of carbonyl (C=O) groups is 2. The third kappa shape index (κ3) is 15.5. The lowest BCUT2D eigenvalue weighted by atomic mass is 9.84. The summed E-state index contributed by atoms with van der Waals surface area (Å²) in [6.45, 7) is -4.79. The van der Waals surface area contributed by atoms with Gasteiger partial charge in [0.25, 0.3) is 0 Å². The van der Waals surface area contributed by atoms with Gasteiger partial charge in [0.15, 0.2) is 31.1 Å². The van der Waals surface area contributed by atoms with E-state index in [9.17, 15) is 100 Å². The summed E-state index contributed by atoms with van der Waals surface area (Å²) < 4.78 is 159. The number of carboxylic acids is 2. The molecular formula is C34H54O34S3. The second kappa shape index (κ2) is 24.4. The molecule has 0 saturated carbocycles. The van der Waals surface area contributed by atoms with Gasteiger partial charge in [-0.25, -0.2) is 22.1 Å². The lowest BCUT2D eigenvalue weighted by molar-refractivity contribution is -0.322. The fourth-order valence-corrected chi connectivity index (χ4v) is 9.41. The maximum Gasteiger partial charge on any atom is 0.397 e. The van der Waals surface area contributed by atoms with E-state index in [4.69, 9.17) is 47.2 Å². The van der Waals surface area contributed by atoms with E-state index < -0.39 is 229 Å². The molecule has 14 N–H and O–H groups in total. The van der Waals surface area contributed by atoms with Crippen molar-refractivity contribution in [3.05, 3.63) is 11.8 Å². The van der Waals surface area contributed by atoms with Crippen molar-refractivity contribution in [1.82, 2.24) is 0 Å². The minimum atomic E-state index is -5.51. The molecule has 71 heavy (non-hydrogen) atoms. The lowest BCUT2D eigenvalue weighted by Gasteiger charge is -2.45. The van der Waals surface area contributed by atoms with Gasteiger partial charge < -0.3 is 98.8 Å². The second-order valence-corrected chi connectivity index (χ2v) is 19.8. The smallest absolute Gasteiger partial charge is 0.397 e. The SMILES string of the molecule is CC1O[C@@H](OCC2C(CO[C@@H]3OC(C(=O)O)[C@H](O)C(COC4OC(CO)[C@H](O)C(O)C4CO[C@@H]4OC(C(=O)O)=CC(O)C4O)C3O)COC(COS(=O)(=O)O)[C@@H]2O)C(OS(=O)(=O)O)C(O)[C@H]1OS(=O)(=O)O. The van der Waals surface area contributed by atoms with Gasteiger partial charge >= 0.3 is 43.1 Å². The molecule has 0 radical (unpaired) electrons. The van der Waals surface area contributed by atoms with Crippen molar-refractivity contribution >= 4 is 43.1 Å². The standard InChI is InChI=1S/C34H54O34S3/c1-10-26(67-70(51,52)53)25(43)28(68-71(54,55)56)34(63-10)61-6-12-11(4-57-18(19(12)37)9-62-69(48,49)50)5-58-32-22(40)13(21(39)27(66-32)30(46)47)7-59-31-14(20(38)24(42)17(3-35)65-31)8-60-33-23(41)15(36)2-16(64-33)29(44)45/h2,10-15,17-28,31-43H,3-9H2,1H3,(H,44,45)(H,46,47)(H,48,49,50)(H,51,52,53)(H,54,55,56)/t10?,11?,12?,13?,14?,15?,17?,18?,19-,20?,21-,22?,23?,24+,25?,26+,27?,28?,31?,32-,33-,34-/m1/s1. The van der Waals surface area contributed by atoms with Crippen LogP contribution in [0.1, 0.15) is 6.92 Å². The van der Waals surface area contributed by atoms with Gasteiger partial charge in [-0.15, -0.1) is 0 Å². The largest absolute Gasteiger partial charge is 0.479 e. The van der Waals surface area contributed by atoms with Crippen LogP contribution in [0, 0.1) is 23.7 Å². The molecule has 4 saturated heterocycles. The van der Waals surface area contributed by atoms with Crippen molar-refractivity contribution < 1.29 is 160 Å². The van der Waals surface area contributed by atoms with Gasteiger partial charge in [0.1, 0.15) is 48.8 Å². The summed E-state index contributed by atoms with van der Waals surface area (Å²) >= 11 is 0. The Morgan fingerprint density at radius 3 is 1.76 bits per heavy atom. The molecule has 0 aromatic rings. The third-order valence-corrected chi connectivity index (χ3v) is 13.2. The Balaban J connectivity index is 1.33. The predicted octanol–water partition coefficient (Wildman–Crippen LogP) is -8.40. The molecule has 5 aliphatic rings. The number of aliphatic hydroxyl groups excluding tert-OH is 9. The zero-order valence-electron chi connectivity index (χ0n) is 36.4. The molecule has 0 bridgehead atoms. The average Bonchev–Trinajstić information content (AvgIpc) is 3.26. The van der Waals surface area contributed by atoms with E-state index in [1.165, 1.54) is 0 Å². The van der Waals surface area contributed by atoms with Gasteiger partial charge in [-0.2, -0.15) is 25.3 Å². The topological polar surface area (TPSA) is 531 Å². The van der Waals surface area contributed by atoms with Crippen LogP contribution in [0.4, 0.5) is 0 Å². The van der Waals surface area contributed by atoms with Gasteiger partial charge in [-0.05, 0) is 13.0 Å². The summed E-state index contributed by atoms with van der Waals surface area (Å²) in [4.78, 5) is 23.8. The summed E-state index contributed by atoms with van der Waals surface area (Å²) in [7, 11) is -16.0. The molecule has 0 spiro atoms. The Hall–Kier alpha value is -2.59. The second-order valence-electron chi connectivity index (χ2n) is 16.6. The first kappa shape index (κ1) is 59.3. The normalized spacial score (nSPS) is 41.7. The Labute approximate surface area is 401 Å². The van der Waals surface area contributed by atoms with E-state index in [0.29, 0.717) is 6.08 Å². The van der Waals surface area contributed by atoms with E-state index in [1.807, 2.05) is 0 Å². The maximum absolute atomic E-state index is 12.3. The molecule has 37 heteroatoms. The molecule has 0 aromatic heterocycles. The first-order valence-electron chi connectivity index (χ1n) is 20.8. The Bertz CT molecular complexity index is 2160. The summed E-state index contributed by atoms with van der Waals surface area (Å²) in [5.41, 5.74) is 0. The van der Waals surface area contributed by atoms with Crippen LogP contribution < -0.4 is 0 Å². The molecule has 5 rings (SSSR count). The third-order valence-electron chi connectivity index (χ3n) is 11.8. The summed E-state index contributed by atoms with van der Waals surface area (Å²) in [6.07, 6.45) is -34.4. The van der Waals surface area contributed by atoms with Gasteiger partial charge in [0.2, 0.25) is 12.0 Å². The summed E-state index contributed by atoms with van der Waals surface area (Å²) in [5.74, 6) is -10.2. The lowest BCUT2D eigenvalue weighted by Crippen LogP contribution is -2.61. The molecule has 34 nitrogen and oxygen atoms in total. The zero-order chi connectivity index (χ0) is 53.1. The monoisotopic (exact) mass is 1100 g/mol. The quantitative estimate of drug-likeness (QED) is 0.0448. The van der Waals surface area contributed by atoms with Crippen LogP contribution in [0.2, 0.25) is 0 Å². The fourth-order valence-electron chi connectivity index (χ4n) is 8.07. The van der Waals surface area contributed by atoms with Crippen LogP contribution >= 0.6 is 0 Å². The molecule has 4 fully saturated rings. The Morgan fingerprint density at radius 2 is 1.17 bits per heavy atom. The number of carboxylic acid groups (broad SMARTS) is 2. The first-order valence-corrected chi connectivity index (χ1v) is 24.9. The van der Waals surface area contributed by atoms with Gasteiger partial charge in [-0.3, -0.25) is 13.7 Å². The highest BCUT2D eigenvalue weighted by molar-refractivity contribution is 7.81. The number of aliphatic hydroxyl groups is 9. The molecule has 412 valence electrons. The van der Waals surface area contributed by atoms with Gasteiger partial charge in [-0.1, -0.05) is 0 Å². The predicted molar refractivity (Wildman–Crippen MR) is 213 cm³/mol. The Kier molecular flexibility index (Phi) is 20.4. The molecule has 0 aromatic carbocycles. The molecule has 5 heterocycles. The Morgan fingerprint density at radius 1 is 0.592 bits per heavy atom. The molecule has 0 amide bonds. The first-order chi connectivity index (χ1) is 32.9. The minimum Gasteiger partial charge on any atom is -0.479 e. The van der Waals surface area contributed by atoms with Crippen molar-refractivity contribution in [3.8, 4) is 0 Å². The molecule has 15 unspecified atom stereocenters. The van der Waals surface area contributed by atoms with Crippen LogP contribution in [0.15, 0.2) is 11.8 Å². The fraction of sp³-hybridized carbons (Fsp3) is 0.882. The molecule has 22 atom stereocenters. The van der Waals surface area contributed by atoms with Crippen molar-refractivity contribution in [2.75, 3.05) is 46.2 Å². The number of hydrogen-bond acceptors (Lipinski definition) is 29. The zero-order valence-corrected chi connectivity index (χ0v) is 38.8. The molecule has 0 aliphatic carbocycles. The van der Waals surface area contributed by atoms with Crippen LogP contribution in [-0.4, -0.2) is 264 Å². The van der Waals surface area contributed by atoms with Gasteiger partial charge in [0, 0.05) is 17.8 Å². The summed E-state index contributed by atoms with van der Waals surface area (Å²) in [5, 5.41) is 116. The van der Waals surface area contributed by atoms with E-state index in [-0.39, 0.29) is 0 Å². The van der Waals surface area contributed by atoms with Crippen molar-refractivity contribution in [3.63, 3.8) is 0 Å². The summed E-state index contributed by atoms with van der Waals surface area (Å²) in [6, 6.07) is 0. The number of rotatable bonds is 22. The number of ether oxygens (including phenoxy) is 9. The highest BCUT2D eigenvalue weighted by atomic mass is 32.3. The van der Waals surface area contributed by atoms with E-state index in [1.54, 1.807) is 0 Å².